The summed E-state index contributed by atoms with van der Waals surface area (Å²) in [6.07, 6.45) is 0. The lowest BCUT2D eigenvalue weighted by molar-refractivity contribution is 0.0951. The van der Waals surface area contributed by atoms with E-state index >= 15 is 0 Å². The van der Waals surface area contributed by atoms with E-state index in [1.807, 2.05) is 35.7 Å². The van der Waals surface area contributed by atoms with Crippen LogP contribution >= 0.6 is 46.1 Å². The maximum atomic E-state index is 11.9. The topological polar surface area (TPSA) is 55.1 Å². The Morgan fingerprint density at radius 2 is 2.00 bits per heavy atom. The van der Waals surface area contributed by atoms with Gasteiger partial charge in [-0.3, -0.25) is 4.79 Å². The second kappa shape index (κ2) is 6.44. The maximum absolute atomic E-state index is 11.9. The lowest BCUT2D eigenvalue weighted by Gasteiger charge is -2.05. The Bertz CT molecular complexity index is 607. The zero-order chi connectivity index (χ0) is 13.8. The molecule has 0 saturated carbocycles. The highest BCUT2D eigenvalue weighted by atomic mass is 127. The predicted molar refractivity (Wildman–Crippen MR) is 90.5 cm³/mol. The summed E-state index contributed by atoms with van der Waals surface area (Å²) >= 11 is 8.64. The molecule has 1 aromatic carbocycles. The van der Waals surface area contributed by atoms with Crippen LogP contribution in [0.2, 0.25) is 0 Å². The first kappa shape index (κ1) is 14.4. The van der Waals surface area contributed by atoms with Crippen LogP contribution in [0, 0.1) is 2.88 Å². The van der Waals surface area contributed by atoms with Crippen molar-refractivity contribution >= 4 is 57.0 Å². The van der Waals surface area contributed by atoms with Crippen molar-refractivity contribution in [1.82, 2.24) is 5.32 Å². The number of nitrogens with two attached hydrogens (primary N) is 1. The van der Waals surface area contributed by atoms with Gasteiger partial charge in [-0.1, -0.05) is 36.5 Å². The molecule has 6 heteroatoms. The number of carbonyl (C=O) groups excluding carboxylic acids is 1. The van der Waals surface area contributed by atoms with E-state index in [0.717, 1.165) is 14.0 Å². The molecule has 3 nitrogen and oxygen atoms in total. The first-order valence-corrected chi connectivity index (χ1v) is 7.84. The normalized spacial score (nSPS) is 10.2. The van der Waals surface area contributed by atoms with Crippen molar-refractivity contribution in [3.63, 3.8) is 0 Å². The summed E-state index contributed by atoms with van der Waals surface area (Å²) in [6, 6.07) is 9.41. The van der Waals surface area contributed by atoms with Crippen molar-refractivity contribution in [2.24, 2.45) is 5.73 Å². The Labute approximate surface area is 134 Å². The van der Waals surface area contributed by atoms with Gasteiger partial charge in [0, 0.05) is 17.5 Å². The molecule has 3 N–H and O–H groups in total. The van der Waals surface area contributed by atoms with Crippen LogP contribution in [0.15, 0.2) is 35.7 Å². The summed E-state index contributed by atoms with van der Waals surface area (Å²) < 4.78 is 1.10. The molecule has 0 atom stereocenters. The maximum Gasteiger partial charge on any atom is 0.252 e. The van der Waals surface area contributed by atoms with Gasteiger partial charge >= 0.3 is 0 Å². The third kappa shape index (κ3) is 3.99. The average Bonchev–Trinajstić information content (AvgIpc) is 2.83. The van der Waals surface area contributed by atoms with E-state index in [1.165, 1.54) is 0 Å². The smallest absolute Gasteiger partial charge is 0.252 e. The summed E-state index contributed by atoms with van der Waals surface area (Å²) in [5, 5.41) is 4.73. The summed E-state index contributed by atoms with van der Waals surface area (Å²) in [6.45, 7) is 0.489. The molecule has 0 fully saturated rings. The number of amides is 1. The van der Waals surface area contributed by atoms with Gasteiger partial charge in [-0.25, -0.2) is 0 Å². The van der Waals surface area contributed by atoms with E-state index in [2.05, 4.69) is 27.9 Å². The van der Waals surface area contributed by atoms with Crippen molar-refractivity contribution in [3.8, 4) is 0 Å². The van der Waals surface area contributed by atoms with Crippen LogP contribution < -0.4 is 11.1 Å². The van der Waals surface area contributed by atoms with Crippen molar-refractivity contribution in [2.75, 3.05) is 0 Å². The van der Waals surface area contributed by atoms with Crippen molar-refractivity contribution in [2.45, 2.75) is 6.54 Å². The molecule has 0 saturated heterocycles. The lowest BCUT2D eigenvalue weighted by Crippen LogP contribution is -2.22. The fourth-order valence-corrected chi connectivity index (χ4v) is 2.96. The number of nitrogens with one attached hydrogen (secondary N) is 1. The zero-order valence-electron chi connectivity index (χ0n) is 9.85. The van der Waals surface area contributed by atoms with Gasteiger partial charge in [-0.05, 0) is 34.2 Å². The quantitative estimate of drug-likeness (QED) is 0.611. The Balaban J connectivity index is 1.95. The minimum atomic E-state index is -0.0578. The van der Waals surface area contributed by atoms with Gasteiger partial charge in [0.2, 0.25) is 0 Å². The monoisotopic (exact) mass is 402 g/mol. The van der Waals surface area contributed by atoms with E-state index in [0.29, 0.717) is 17.1 Å². The van der Waals surface area contributed by atoms with Crippen LogP contribution in [0.4, 0.5) is 0 Å². The molecular formula is C13H11IN2OS2. The number of thiocarbonyl (C=S) groups is 1. The molecule has 0 bridgehead atoms. The van der Waals surface area contributed by atoms with Crippen molar-refractivity contribution < 1.29 is 4.79 Å². The first-order valence-electron chi connectivity index (χ1n) is 5.47. The number of hydrogen-bond acceptors (Lipinski definition) is 3. The standard InChI is InChI=1S/C13H11IN2OS2/c14-11-5-10(7-19-11)13(17)16-6-8-1-3-9(4-2-8)12(15)18/h1-5,7H,6H2,(H2,15,18)(H,16,17). The molecule has 1 amide bonds. The van der Waals surface area contributed by atoms with Crippen molar-refractivity contribution in [1.29, 1.82) is 0 Å². The predicted octanol–water partition coefficient (Wildman–Crippen LogP) is 2.92. The van der Waals surface area contributed by atoms with Gasteiger partial charge < -0.3 is 11.1 Å². The lowest BCUT2D eigenvalue weighted by atomic mass is 10.1. The first-order chi connectivity index (χ1) is 9.06. The van der Waals surface area contributed by atoms with Crippen LogP contribution in [0.25, 0.3) is 0 Å². The van der Waals surface area contributed by atoms with Gasteiger partial charge in [0.15, 0.2) is 0 Å². The molecule has 2 rings (SSSR count). The van der Waals surface area contributed by atoms with Crippen LogP contribution in [0.1, 0.15) is 21.5 Å². The third-order valence-electron chi connectivity index (χ3n) is 2.52. The van der Waals surface area contributed by atoms with Gasteiger partial charge in [0.1, 0.15) is 4.99 Å². The molecule has 0 spiro atoms. The number of halogens is 1. The Morgan fingerprint density at radius 1 is 1.32 bits per heavy atom. The van der Waals surface area contributed by atoms with Crippen LogP contribution in [0.5, 0.6) is 0 Å². The summed E-state index contributed by atoms with van der Waals surface area (Å²) in [4.78, 5) is 12.2. The molecule has 19 heavy (non-hydrogen) atoms. The molecule has 0 aliphatic heterocycles. The SMILES string of the molecule is NC(=S)c1ccc(CNC(=O)c2csc(I)c2)cc1. The molecule has 2 aromatic rings. The highest BCUT2D eigenvalue weighted by Gasteiger charge is 2.07. The van der Waals surface area contributed by atoms with Crippen molar-refractivity contribution in [3.05, 3.63) is 55.3 Å². The molecule has 0 aliphatic rings. The molecule has 1 heterocycles. The summed E-state index contributed by atoms with van der Waals surface area (Å²) in [5.41, 5.74) is 8.07. The molecule has 0 radical (unpaired) electrons. The van der Waals surface area contributed by atoms with E-state index in [1.54, 1.807) is 11.3 Å². The minimum Gasteiger partial charge on any atom is -0.389 e. The van der Waals surface area contributed by atoms with Crippen LogP contribution in [0.3, 0.4) is 0 Å². The Morgan fingerprint density at radius 3 is 2.53 bits per heavy atom. The highest BCUT2D eigenvalue weighted by molar-refractivity contribution is 14.1. The fourth-order valence-electron chi connectivity index (χ4n) is 1.50. The second-order valence-electron chi connectivity index (χ2n) is 3.88. The largest absolute Gasteiger partial charge is 0.389 e. The van der Waals surface area contributed by atoms with Crippen LogP contribution in [-0.4, -0.2) is 10.9 Å². The molecule has 98 valence electrons. The molecular weight excluding hydrogens is 391 g/mol. The fraction of sp³-hybridized carbons (Fsp3) is 0.0769. The van der Waals surface area contributed by atoms with E-state index in [4.69, 9.17) is 18.0 Å². The molecule has 0 unspecified atom stereocenters. The zero-order valence-corrected chi connectivity index (χ0v) is 13.6. The Kier molecular flexibility index (Phi) is 4.89. The second-order valence-corrected chi connectivity index (χ2v) is 7.13. The highest BCUT2D eigenvalue weighted by Crippen LogP contribution is 2.16. The summed E-state index contributed by atoms with van der Waals surface area (Å²) in [5.74, 6) is -0.0578. The van der Waals surface area contributed by atoms with Gasteiger partial charge in [-0.15, -0.1) is 11.3 Å². The average molecular weight is 402 g/mol. The number of benzene rings is 1. The van der Waals surface area contributed by atoms with E-state index < -0.39 is 0 Å². The number of carbonyl (C=O) groups is 1. The number of thiophene rings is 1. The van der Waals surface area contributed by atoms with Gasteiger partial charge in [-0.2, -0.15) is 0 Å². The summed E-state index contributed by atoms with van der Waals surface area (Å²) in [7, 11) is 0. The van der Waals surface area contributed by atoms with Crippen LogP contribution in [-0.2, 0) is 6.54 Å². The van der Waals surface area contributed by atoms with E-state index in [9.17, 15) is 4.79 Å². The third-order valence-corrected chi connectivity index (χ3v) is 4.55. The Hall–Kier alpha value is -0.990. The number of rotatable bonds is 4. The molecule has 0 aliphatic carbocycles. The minimum absolute atomic E-state index is 0.0578. The number of hydrogen-bond donors (Lipinski definition) is 2. The molecule has 1 aromatic heterocycles. The van der Waals surface area contributed by atoms with E-state index in [-0.39, 0.29) is 5.91 Å². The van der Waals surface area contributed by atoms with Gasteiger partial charge in [0.25, 0.3) is 5.91 Å². The van der Waals surface area contributed by atoms with Gasteiger partial charge in [0.05, 0.1) is 8.45 Å².